The van der Waals surface area contributed by atoms with Gasteiger partial charge in [-0.3, -0.25) is 4.79 Å². The first kappa shape index (κ1) is 21.9. The van der Waals surface area contributed by atoms with Crippen LogP contribution in [0.4, 0.5) is 5.69 Å². The van der Waals surface area contributed by atoms with Gasteiger partial charge in [-0.2, -0.15) is 5.10 Å². The number of hydrogen-bond acceptors (Lipinski definition) is 4. The normalized spacial score (nSPS) is 11.0. The van der Waals surface area contributed by atoms with Gasteiger partial charge in [0.15, 0.2) is 0 Å². The minimum absolute atomic E-state index is 0.295. The van der Waals surface area contributed by atoms with Crippen molar-refractivity contribution < 1.29 is 13.9 Å². The fourth-order valence-corrected chi connectivity index (χ4v) is 3.70. The van der Waals surface area contributed by atoms with Gasteiger partial charge >= 0.3 is 0 Å². The summed E-state index contributed by atoms with van der Waals surface area (Å²) in [7, 11) is 0. The summed E-state index contributed by atoms with van der Waals surface area (Å²) in [6, 6.07) is 19.3. The van der Waals surface area contributed by atoms with E-state index >= 15 is 0 Å². The largest absolute Gasteiger partial charge is 0.467 e. The molecule has 2 aromatic carbocycles. The minimum Gasteiger partial charge on any atom is -0.467 e. The molecule has 0 aliphatic heterocycles. The Morgan fingerprint density at radius 3 is 2.62 bits per heavy atom. The number of hydrogen-bond donors (Lipinski definition) is 1. The van der Waals surface area contributed by atoms with Crippen LogP contribution in [0.2, 0.25) is 5.15 Å². The smallest absolute Gasteiger partial charge is 0.260 e. The molecule has 0 aliphatic rings. The second-order valence-electron chi connectivity index (χ2n) is 7.62. The summed E-state index contributed by atoms with van der Waals surface area (Å²) in [5, 5.41) is 7.70. The van der Waals surface area contributed by atoms with Gasteiger partial charge in [0, 0.05) is 5.69 Å². The first-order valence-electron chi connectivity index (χ1n) is 10.3. The standard InChI is InChI=1S/C25H24ClN3O3/c1-17-8-10-19(11-9-17)14-29-24(26)23(18(2)28-29)25(30)27-21-6-3-5-20(13-21)15-31-16-22-7-4-12-32-22/h3-13H,14-16H2,1-2H3,(H,27,30). The summed E-state index contributed by atoms with van der Waals surface area (Å²) in [5.74, 6) is 0.471. The predicted octanol–water partition coefficient (Wildman–Crippen LogP) is 5.76. The molecular weight excluding hydrogens is 426 g/mol. The van der Waals surface area contributed by atoms with Gasteiger partial charge in [0.1, 0.15) is 17.5 Å². The Kier molecular flexibility index (Phi) is 6.73. The minimum atomic E-state index is -0.295. The number of furan rings is 1. The second kappa shape index (κ2) is 9.85. The number of nitrogens with zero attached hydrogens (tertiary/aromatic N) is 2. The van der Waals surface area contributed by atoms with Gasteiger partial charge in [0.25, 0.3) is 5.91 Å². The van der Waals surface area contributed by atoms with Crippen molar-refractivity contribution in [2.45, 2.75) is 33.6 Å². The first-order valence-corrected chi connectivity index (χ1v) is 10.7. The van der Waals surface area contributed by atoms with Crippen LogP contribution >= 0.6 is 11.6 Å². The second-order valence-corrected chi connectivity index (χ2v) is 7.98. The van der Waals surface area contributed by atoms with Gasteiger partial charge in [0.05, 0.1) is 30.7 Å². The molecule has 0 atom stereocenters. The zero-order valence-electron chi connectivity index (χ0n) is 18.0. The summed E-state index contributed by atoms with van der Waals surface area (Å²) in [4.78, 5) is 13.0. The molecule has 4 rings (SSSR count). The molecule has 0 spiro atoms. The Morgan fingerprint density at radius 1 is 1.06 bits per heavy atom. The zero-order valence-corrected chi connectivity index (χ0v) is 18.7. The van der Waals surface area contributed by atoms with E-state index < -0.39 is 0 Å². The molecule has 0 saturated carbocycles. The van der Waals surface area contributed by atoms with Crippen LogP contribution in [0.5, 0.6) is 0 Å². The highest BCUT2D eigenvalue weighted by atomic mass is 35.5. The maximum Gasteiger partial charge on any atom is 0.260 e. The topological polar surface area (TPSA) is 69.3 Å². The van der Waals surface area contributed by atoms with Crippen molar-refractivity contribution in [3.63, 3.8) is 0 Å². The molecule has 4 aromatic rings. The Balaban J connectivity index is 1.42. The lowest BCUT2D eigenvalue weighted by Crippen LogP contribution is -2.13. The van der Waals surface area contributed by atoms with E-state index in [4.69, 9.17) is 20.8 Å². The van der Waals surface area contributed by atoms with Gasteiger partial charge in [-0.05, 0) is 49.2 Å². The number of nitrogens with one attached hydrogen (secondary N) is 1. The van der Waals surface area contributed by atoms with Crippen molar-refractivity contribution in [2.75, 3.05) is 5.32 Å². The molecular formula is C25H24ClN3O3. The van der Waals surface area contributed by atoms with Gasteiger partial charge in [-0.1, -0.05) is 53.6 Å². The molecule has 32 heavy (non-hydrogen) atoms. The summed E-state index contributed by atoms with van der Waals surface area (Å²) >= 11 is 6.53. The first-order chi connectivity index (χ1) is 15.5. The quantitative estimate of drug-likeness (QED) is 0.371. The SMILES string of the molecule is Cc1ccc(Cn2nc(C)c(C(=O)Nc3cccc(COCc4ccco4)c3)c2Cl)cc1. The zero-order chi connectivity index (χ0) is 22.5. The number of carbonyl (C=O) groups is 1. The van der Waals surface area contributed by atoms with E-state index in [1.807, 2.05) is 67.6 Å². The molecule has 0 radical (unpaired) electrons. The molecule has 1 amide bonds. The van der Waals surface area contributed by atoms with Crippen molar-refractivity contribution in [2.24, 2.45) is 0 Å². The van der Waals surface area contributed by atoms with Gasteiger partial charge < -0.3 is 14.5 Å². The average molecular weight is 450 g/mol. The van der Waals surface area contributed by atoms with Gasteiger partial charge in [-0.15, -0.1) is 0 Å². The highest BCUT2D eigenvalue weighted by molar-refractivity contribution is 6.33. The van der Waals surface area contributed by atoms with E-state index in [-0.39, 0.29) is 5.91 Å². The maximum atomic E-state index is 13.0. The highest BCUT2D eigenvalue weighted by Gasteiger charge is 2.20. The molecule has 0 fully saturated rings. The van der Waals surface area contributed by atoms with E-state index in [1.165, 1.54) is 5.56 Å². The third kappa shape index (κ3) is 5.28. The number of aryl methyl sites for hydroxylation is 2. The number of anilines is 1. The van der Waals surface area contributed by atoms with E-state index in [0.717, 1.165) is 16.9 Å². The van der Waals surface area contributed by atoms with Crippen molar-refractivity contribution in [3.05, 3.63) is 106 Å². The van der Waals surface area contributed by atoms with Crippen LogP contribution in [-0.4, -0.2) is 15.7 Å². The lowest BCUT2D eigenvalue weighted by Gasteiger charge is -2.08. The van der Waals surface area contributed by atoms with Crippen LogP contribution in [0.1, 0.15) is 38.5 Å². The number of halogens is 1. The monoisotopic (exact) mass is 449 g/mol. The van der Waals surface area contributed by atoms with E-state index in [2.05, 4.69) is 10.4 Å². The van der Waals surface area contributed by atoms with Crippen molar-refractivity contribution in [1.82, 2.24) is 9.78 Å². The Bertz CT molecular complexity index is 1200. The van der Waals surface area contributed by atoms with E-state index in [1.54, 1.807) is 17.9 Å². The Hall–Kier alpha value is -3.35. The summed E-state index contributed by atoms with van der Waals surface area (Å²) in [6.07, 6.45) is 1.62. The van der Waals surface area contributed by atoms with Crippen LogP contribution < -0.4 is 5.32 Å². The number of rotatable bonds is 8. The lowest BCUT2D eigenvalue weighted by atomic mass is 10.1. The number of aromatic nitrogens is 2. The molecule has 0 bridgehead atoms. The molecule has 2 aromatic heterocycles. The predicted molar refractivity (Wildman–Crippen MR) is 124 cm³/mol. The van der Waals surface area contributed by atoms with Gasteiger partial charge in [-0.25, -0.2) is 4.68 Å². The van der Waals surface area contributed by atoms with Gasteiger partial charge in [0.2, 0.25) is 0 Å². The Morgan fingerprint density at radius 2 is 1.88 bits per heavy atom. The van der Waals surface area contributed by atoms with E-state index in [0.29, 0.717) is 41.9 Å². The lowest BCUT2D eigenvalue weighted by molar-refractivity contribution is 0.0929. The molecule has 6 nitrogen and oxygen atoms in total. The highest BCUT2D eigenvalue weighted by Crippen LogP contribution is 2.23. The van der Waals surface area contributed by atoms with E-state index in [9.17, 15) is 4.79 Å². The van der Waals surface area contributed by atoms with Crippen molar-refractivity contribution in [1.29, 1.82) is 0 Å². The average Bonchev–Trinajstić information content (AvgIpc) is 3.38. The third-order valence-electron chi connectivity index (χ3n) is 5.02. The van der Waals surface area contributed by atoms with Crippen LogP contribution in [0.25, 0.3) is 0 Å². The third-order valence-corrected chi connectivity index (χ3v) is 5.41. The Labute approximate surface area is 191 Å². The maximum absolute atomic E-state index is 13.0. The summed E-state index contributed by atoms with van der Waals surface area (Å²) in [6.45, 7) is 5.11. The molecule has 1 N–H and O–H groups in total. The molecule has 0 aliphatic carbocycles. The summed E-state index contributed by atoms with van der Waals surface area (Å²) < 4.78 is 12.6. The van der Waals surface area contributed by atoms with Crippen molar-refractivity contribution >= 4 is 23.2 Å². The molecule has 164 valence electrons. The molecule has 0 unspecified atom stereocenters. The van der Waals surface area contributed by atoms with Crippen molar-refractivity contribution in [3.8, 4) is 0 Å². The molecule has 0 saturated heterocycles. The summed E-state index contributed by atoms with van der Waals surface area (Å²) in [5.41, 5.74) is 4.80. The van der Waals surface area contributed by atoms with Crippen LogP contribution in [0, 0.1) is 13.8 Å². The molecule has 2 heterocycles. The fourth-order valence-electron chi connectivity index (χ4n) is 3.38. The molecule has 7 heteroatoms. The number of ether oxygens (including phenoxy) is 1. The number of amides is 1. The van der Waals surface area contributed by atoms with Crippen LogP contribution in [0.3, 0.4) is 0 Å². The van der Waals surface area contributed by atoms with Crippen LogP contribution in [-0.2, 0) is 24.5 Å². The van der Waals surface area contributed by atoms with Crippen LogP contribution in [0.15, 0.2) is 71.3 Å². The fraction of sp³-hybridized carbons (Fsp3) is 0.200. The number of benzene rings is 2. The number of carbonyl (C=O) groups excluding carboxylic acids is 1.